The van der Waals surface area contributed by atoms with Gasteiger partial charge in [0, 0.05) is 5.69 Å². The lowest BCUT2D eigenvalue weighted by molar-refractivity contribution is 0.555. The third-order valence-electron chi connectivity index (χ3n) is 2.39. The lowest BCUT2D eigenvalue weighted by Crippen LogP contribution is -2.14. The summed E-state index contributed by atoms with van der Waals surface area (Å²) in [5, 5.41) is 0. The van der Waals surface area contributed by atoms with Crippen molar-refractivity contribution < 1.29 is 17.2 Å². The van der Waals surface area contributed by atoms with Crippen LogP contribution < -0.4 is 4.72 Å². The number of anilines is 1. The number of hydrogen-bond acceptors (Lipinski definition) is 2. The first kappa shape index (κ1) is 13.5. The second kappa shape index (κ2) is 4.97. The molecule has 99 valence electrons. The first-order valence-corrected chi connectivity index (χ1v) is 6.77. The fraction of sp³-hybridized carbons (Fsp3) is 0. The van der Waals surface area contributed by atoms with Crippen molar-refractivity contribution in [1.82, 2.24) is 0 Å². The van der Waals surface area contributed by atoms with Crippen LogP contribution in [0.4, 0.5) is 14.5 Å². The van der Waals surface area contributed by atoms with E-state index in [0.29, 0.717) is 11.6 Å². The topological polar surface area (TPSA) is 46.2 Å². The molecule has 0 fully saturated rings. The average molecular weight is 282 g/mol. The van der Waals surface area contributed by atoms with Gasteiger partial charge in [-0.25, -0.2) is 17.2 Å². The Morgan fingerprint density at radius 1 is 1.00 bits per heavy atom. The van der Waals surface area contributed by atoms with E-state index in [1.807, 2.05) is 0 Å². The summed E-state index contributed by atoms with van der Waals surface area (Å²) in [4.78, 5) is -0.730. The first-order chi connectivity index (χ1) is 8.88. The molecule has 0 aliphatic carbocycles. The van der Waals surface area contributed by atoms with Gasteiger partial charge < -0.3 is 0 Å². The van der Waals surface area contributed by atoms with Crippen molar-refractivity contribution in [1.29, 1.82) is 0 Å². The number of rotatable bonds is 3. The molecule has 1 N–H and O–H groups in total. The molecule has 2 aromatic carbocycles. The summed E-state index contributed by atoms with van der Waals surface area (Å²) in [5.74, 6) is -1.84. The standard InChI is InChI=1S/C13H10F2NO2S/c1-9-2-5-11(6-3-9)16-19(17,18)13-8-10(14)4-7-12(13)15/h2-8,16H,1H2. The predicted molar refractivity (Wildman–Crippen MR) is 68.1 cm³/mol. The van der Waals surface area contributed by atoms with Crippen LogP contribution in [0.1, 0.15) is 5.56 Å². The predicted octanol–water partition coefficient (Wildman–Crippen LogP) is 2.95. The summed E-state index contributed by atoms with van der Waals surface area (Å²) in [6.07, 6.45) is 0. The molecule has 0 aliphatic heterocycles. The van der Waals surface area contributed by atoms with E-state index in [1.54, 1.807) is 12.1 Å². The second-order valence-electron chi connectivity index (χ2n) is 3.88. The molecule has 1 radical (unpaired) electrons. The van der Waals surface area contributed by atoms with E-state index >= 15 is 0 Å². The molecule has 0 aromatic heterocycles. The summed E-state index contributed by atoms with van der Waals surface area (Å²) in [6, 6.07) is 8.41. The molecule has 2 aromatic rings. The molecular weight excluding hydrogens is 272 g/mol. The van der Waals surface area contributed by atoms with Crippen LogP contribution in [0.25, 0.3) is 0 Å². The smallest absolute Gasteiger partial charge is 0.264 e. The van der Waals surface area contributed by atoms with Crippen molar-refractivity contribution in [3.05, 3.63) is 66.6 Å². The Morgan fingerprint density at radius 3 is 2.26 bits per heavy atom. The van der Waals surface area contributed by atoms with E-state index < -0.39 is 26.6 Å². The van der Waals surface area contributed by atoms with E-state index in [-0.39, 0.29) is 5.69 Å². The van der Waals surface area contributed by atoms with Gasteiger partial charge in [0.25, 0.3) is 10.0 Å². The third kappa shape index (κ3) is 3.08. The zero-order valence-corrected chi connectivity index (χ0v) is 10.5. The molecule has 0 amide bonds. The number of halogens is 2. The Morgan fingerprint density at radius 2 is 1.63 bits per heavy atom. The Balaban J connectivity index is 2.37. The number of benzene rings is 2. The fourth-order valence-electron chi connectivity index (χ4n) is 1.47. The van der Waals surface area contributed by atoms with Gasteiger partial charge in [-0.15, -0.1) is 0 Å². The maximum Gasteiger partial charge on any atom is 0.264 e. The van der Waals surface area contributed by atoms with Crippen LogP contribution in [0.5, 0.6) is 0 Å². The summed E-state index contributed by atoms with van der Waals surface area (Å²) in [7, 11) is -4.16. The normalized spacial score (nSPS) is 11.3. The quantitative estimate of drug-likeness (QED) is 0.940. The molecule has 2 rings (SSSR count). The molecule has 19 heavy (non-hydrogen) atoms. The largest absolute Gasteiger partial charge is 0.280 e. The molecule has 0 unspecified atom stereocenters. The molecular formula is C13H10F2NO2S. The minimum atomic E-state index is -4.16. The summed E-state index contributed by atoms with van der Waals surface area (Å²) in [6.45, 7) is 3.66. The van der Waals surface area contributed by atoms with E-state index in [9.17, 15) is 17.2 Å². The van der Waals surface area contributed by atoms with Gasteiger partial charge in [0.1, 0.15) is 16.5 Å². The van der Waals surface area contributed by atoms with Crippen LogP contribution in [0.3, 0.4) is 0 Å². The van der Waals surface area contributed by atoms with Crippen molar-refractivity contribution in [3.8, 4) is 0 Å². The maximum absolute atomic E-state index is 13.4. The van der Waals surface area contributed by atoms with Gasteiger partial charge in [-0.3, -0.25) is 4.72 Å². The molecule has 0 bridgehead atoms. The SMILES string of the molecule is [CH2]c1ccc(NS(=O)(=O)c2cc(F)ccc2F)cc1. The van der Waals surface area contributed by atoms with Crippen LogP contribution in [0.15, 0.2) is 47.4 Å². The zero-order valence-electron chi connectivity index (χ0n) is 9.73. The van der Waals surface area contributed by atoms with Crippen molar-refractivity contribution in [2.24, 2.45) is 0 Å². The molecule has 6 heteroatoms. The van der Waals surface area contributed by atoms with Gasteiger partial charge in [0.2, 0.25) is 0 Å². The highest BCUT2D eigenvalue weighted by atomic mass is 32.2. The van der Waals surface area contributed by atoms with Crippen molar-refractivity contribution in [2.75, 3.05) is 4.72 Å². The van der Waals surface area contributed by atoms with E-state index in [1.165, 1.54) is 12.1 Å². The molecule has 0 spiro atoms. The van der Waals surface area contributed by atoms with Gasteiger partial charge in [-0.05, 0) is 42.8 Å². The van der Waals surface area contributed by atoms with Gasteiger partial charge >= 0.3 is 0 Å². The molecule has 0 heterocycles. The third-order valence-corrected chi connectivity index (χ3v) is 3.79. The van der Waals surface area contributed by atoms with Gasteiger partial charge in [0.15, 0.2) is 0 Å². The highest BCUT2D eigenvalue weighted by Crippen LogP contribution is 2.20. The Hall–Kier alpha value is -1.95. The van der Waals surface area contributed by atoms with E-state index in [4.69, 9.17) is 0 Å². The summed E-state index contributed by atoms with van der Waals surface area (Å²) < 4.78 is 52.5. The second-order valence-corrected chi connectivity index (χ2v) is 5.53. The zero-order chi connectivity index (χ0) is 14.0. The summed E-state index contributed by atoms with van der Waals surface area (Å²) >= 11 is 0. The molecule has 0 saturated carbocycles. The minimum absolute atomic E-state index is 0.246. The van der Waals surface area contributed by atoms with Crippen LogP contribution in [0, 0.1) is 18.6 Å². The highest BCUT2D eigenvalue weighted by Gasteiger charge is 2.19. The number of sulfonamides is 1. The Labute approximate surface area is 109 Å². The van der Waals surface area contributed by atoms with Gasteiger partial charge in [-0.2, -0.15) is 0 Å². The highest BCUT2D eigenvalue weighted by molar-refractivity contribution is 7.92. The molecule has 0 aliphatic rings. The van der Waals surface area contributed by atoms with Crippen LogP contribution in [0.2, 0.25) is 0 Å². The first-order valence-electron chi connectivity index (χ1n) is 5.28. The van der Waals surface area contributed by atoms with Gasteiger partial charge in [0.05, 0.1) is 0 Å². The minimum Gasteiger partial charge on any atom is -0.280 e. The van der Waals surface area contributed by atoms with Gasteiger partial charge in [-0.1, -0.05) is 12.1 Å². The Bertz CT molecular complexity index is 697. The van der Waals surface area contributed by atoms with Crippen molar-refractivity contribution >= 4 is 15.7 Å². The van der Waals surface area contributed by atoms with Crippen LogP contribution >= 0.6 is 0 Å². The average Bonchev–Trinajstić information content (AvgIpc) is 2.35. The lowest BCUT2D eigenvalue weighted by Gasteiger charge is -2.09. The fourth-order valence-corrected chi connectivity index (χ4v) is 2.61. The number of nitrogens with one attached hydrogen (secondary N) is 1. The van der Waals surface area contributed by atoms with Crippen molar-refractivity contribution in [3.63, 3.8) is 0 Å². The van der Waals surface area contributed by atoms with E-state index in [0.717, 1.165) is 12.1 Å². The van der Waals surface area contributed by atoms with Crippen LogP contribution in [-0.4, -0.2) is 8.42 Å². The van der Waals surface area contributed by atoms with E-state index in [2.05, 4.69) is 11.6 Å². The molecule has 0 atom stereocenters. The Kier molecular flexibility index (Phi) is 3.53. The maximum atomic E-state index is 13.4. The monoisotopic (exact) mass is 282 g/mol. The number of hydrogen-bond donors (Lipinski definition) is 1. The van der Waals surface area contributed by atoms with Crippen molar-refractivity contribution in [2.45, 2.75) is 4.90 Å². The van der Waals surface area contributed by atoms with Crippen LogP contribution in [-0.2, 0) is 10.0 Å². The molecule has 3 nitrogen and oxygen atoms in total. The molecule has 0 saturated heterocycles. The lowest BCUT2D eigenvalue weighted by atomic mass is 10.2. The summed E-state index contributed by atoms with van der Waals surface area (Å²) in [5.41, 5.74) is 0.955.